The van der Waals surface area contributed by atoms with Crippen molar-refractivity contribution in [1.82, 2.24) is 39.9 Å². The molecule has 12 aromatic rings. The summed E-state index contributed by atoms with van der Waals surface area (Å²) in [6.45, 7) is 20.8. The van der Waals surface area contributed by atoms with Gasteiger partial charge in [-0.3, -0.25) is 39.8 Å². The molecule has 131 heavy (non-hydrogen) atoms. The number of nitrogens with zero attached hydrogens (tertiary/aromatic N) is 9. The lowest BCUT2D eigenvalue weighted by Gasteiger charge is -2.33. The van der Waals surface area contributed by atoms with E-state index >= 15 is 0 Å². The van der Waals surface area contributed by atoms with Gasteiger partial charge >= 0.3 is 11.9 Å². The van der Waals surface area contributed by atoms with E-state index in [0.29, 0.717) is 107 Å². The normalized spacial score (nSPS) is 19.0. The molecule has 4 fully saturated rings. The van der Waals surface area contributed by atoms with Crippen LogP contribution in [-0.2, 0) is 56.8 Å². The van der Waals surface area contributed by atoms with E-state index < -0.39 is 29.1 Å². The van der Waals surface area contributed by atoms with Crippen molar-refractivity contribution >= 4 is 118 Å². The summed E-state index contributed by atoms with van der Waals surface area (Å²) in [5.41, 5.74) is 14.2. The summed E-state index contributed by atoms with van der Waals surface area (Å²) in [6.07, 6.45) is 20.8. The number of hydrogen-bond donors (Lipinski definition) is 3. The van der Waals surface area contributed by atoms with Gasteiger partial charge in [0, 0.05) is 80.3 Å². The molecule has 7 aromatic carbocycles. The number of ether oxygens (including phenoxy) is 4. The summed E-state index contributed by atoms with van der Waals surface area (Å²) in [6, 6.07) is 54.0. The molecular weight excluding hydrogens is 1680 g/mol. The monoisotopic (exact) mass is 1800 g/mol. The molecule has 0 bridgehead atoms. The number of likely N-dealkylation sites (tertiary alicyclic amines) is 1. The third kappa shape index (κ3) is 21.4. The van der Waals surface area contributed by atoms with Crippen LogP contribution in [0.1, 0.15) is 255 Å². The summed E-state index contributed by atoms with van der Waals surface area (Å²) >= 11 is 2.91. The number of carbonyl (C=O) groups excluding carboxylic acids is 7. The number of fused-ring (bicyclic) bond motifs is 5. The second-order valence-electron chi connectivity index (χ2n) is 38.1. The number of anilines is 4. The van der Waals surface area contributed by atoms with Gasteiger partial charge in [-0.25, -0.2) is 29.5 Å². The van der Waals surface area contributed by atoms with Crippen molar-refractivity contribution in [3.63, 3.8) is 0 Å². The van der Waals surface area contributed by atoms with Gasteiger partial charge in [0.25, 0.3) is 11.8 Å². The molecule has 9 heterocycles. The highest BCUT2D eigenvalue weighted by atomic mass is 32.1. The summed E-state index contributed by atoms with van der Waals surface area (Å²) in [4.78, 5) is 117. The second-order valence-corrected chi connectivity index (χ2v) is 40.2. The van der Waals surface area contributed by atoms with E-state index in [4.69, 9.17) is 34.0 Å². The fraction of sp³-hybridized carbons (Fsp3) is 0.415. The van der Waals surface area contributed by atoms with Crippen molar-refractivity contribution in [1.29, 1.82) is 0 Å². The Bertz CT molecular complexity index is 6200. The van der Waals surface area contributed by atoms with Gasteiger partial charge in [-0.05, 0) is 311 Å². The maximum atomic E-state index is 14.1. The highest BCUT2D eigenvalue weighted by molar-refractivity contribution is 7.22. The zero-order valence-electron chi connectivity index (χ0n) is 76.6. The van der Waals surface area contributed by atoms with E-state index in [9.17, 15) is 33.6 Å². The maximum absolute atomic E-state index is 14.1. The molecule has 3 N–H and O–H groups in total. The summed E-state index contributed by atoms with van der Waals surface area (Å²) in [5.74, 6) is 2.49. The van der Waals surface area contributed by atoms with Crippen molar-refractivity contribution < 1.29 is 52.5 Å². The minimum Gasteiger partial charge on any atom is -0.490 e. The van der Waals surface area contributed by atoms with Crippen molar-refractivity contribution in [2.75, 3.05) is 53.2 Å². The number of aldehydes is 1. The Labute approximate surface area is 774 Å². The van der Waals surface area contributed by atoms with E-state index in [0.717, 1.165) is 196 Å². The first kappa shape index (κ1) is 90.9. The molecule has 5 aromatic heterocycles. The Morgan fingerprint density at radius 2 is 1.05 bits per heavy atom. The number of para-hydroxylation sites is 2. The number of hydrogen-bond acceptors (Lipinski definition) is 21. The number of benzene rings is 7. The lowest BCUT2D eigenvalue weighted by Crippen LogP contribution is -2.39. The molecule has 2 saturated carbocycles. The summed E-state index contributed by atoms with van der Waals surface area (Å²) in [5, 5.41) is 15.4. The number of aromatic nitrogens is 6. The minimum absolute atomic E-state index is 0.126. The minimum atomic E-state index is -0.730. The van der Waals surface area contributed by atoms with Gasteiger partial charge in [-0.1, -0.05) is 127 Å². The molecule has 18 rings (SSSR count). The number of rotatable bonds is 25. The van der Waals surface area contributed by atoms with Crippen molar-refractivity contribution in [3.8, 4) is 33.8 Å². The van der Waals surface area contributed by atoms with E-state index in [-0.39, 0.29) is 47.2 Å². The van der Waals surface area contributed by atoms with Gasteiger partial charge in [-0.2, -0.15) is 5.10 Å². The molecular formula is C106H118N12O11S2. The van der Waals surface area contributed by atoms with E-state index in [2.05, 4.69) is 77.9 Å². The van der Waals surface area contributed by atoms with Crippen LogP contribution in [0.25, 0.3) is 53.6 Å². The van der Waals surface area contributed by atoms with Crippen LogP contribution < -0.4 is 35.2 Å². The third-order valence-corrected chi connectivity index (χ3v) is 28.6. The van der Waals surface area contributed by atoms with Crippen LogP contribution in [0.2, 0.25) is 0 Å². The van der Waals surface area contributed by atoms with Crippen LogP contribution in [-0.4, -0.2) is 133 Å². The number of pyridine rings is 2. The van der Waals surface area contributed by atoms with Crippen LogP contribution in [0.3, 0.4) is 0 Å². The molecule has 0 radical (unpaired) electrons. The average molecular weight is 1800 g/mol. The van der Waals surface area contributed by atoms with Gasteiger partial charge in [0.05, 0.1) is 49.8 Å². The Balaban J connectivity index is 0.000000195. The smallest absolute Gasteiger partial charge is 0.358 e. The van der Waals surface area contributed by atoms with E-state index in [1.54, 1.807) is 0 Å². The van der Waals surface area contributed by atoms with Crippen LogP contribution in [0.15, 0.2) is 164 Å². The zero-order chi connectivity index (χ0) is 91.2. The number of esters is 2. The number of aryl methyl sites for hydroxylation is 1. The molecule has 2 atom stereocenters. The molecule has 23 nitrogen and oxygen atoms in total. The fourth-order valence-corrected chi connectivity index (χ4v) is 21.6. The van der Waals surface area contributed by atoms with Crippen LogP contribution in [0, 0.1) is 25.7 Å². The van der Waals surface area contributed by atoms with Crippen molar-refractivity contribution in [2.24, 2.45) is 18.9 Å². The predicted molar refractivity (Wildman–Crippen MR) is 517 cm³/mol. The maximum Gasteiger partial charge on any atom is 0.358 e. The van der Waals surface area contributed by atoms with Crippen LogP contribution in [0.5, 0.6) is 11.5 Å². The lowest BCUT2D eigenvalue weighted by molar-refractivity contribution is -0.134. The Morgan fingerprint density at radius 3 is 1.55 bits per heavy atom. The molecule has 1 unspecified atom stereocenters. The standard InChI is InChI=1S/C62H70N8O6S.C44H48N4O5S/c1-38-44(45-27-29-54(64-57(45)60(74)76-62(2,3)4)70-34-31-40-14-10-17-46(49(40)37-70)58(72)66-61-63-50-18-6-7-20-53(50)77-61)16-11-19-52(38)75-43-24-21-39(22-25-43)13-8-9-32-69-33-12-15-42(36-69)41-23-26-47-51(35-41)68(5)67-56(47)48-28-30-55(71)65-59(48)73;1-28-32(13-10-16-37(28)52-31-20-18-29(19-21-31)11-7-8-26-49)33-22-23-39(46-40(33)42(51)53-44(2,3)4)48-25-24-30-12-9-14-34(35(30)27-48)41(50)47-43-45-36-15-5-6-17-38(36)54-43/h6-7,10-11,14,16-20,23,26-27,29,35,39,42-43,48H,8-9,12-13,15,21-22,24-25,28,30-34,36-37H2,1-5H3,(H,63,66,72)(H,65,71,73);5-6,9-10,12-17,22-23,26,29,31H,7-8,11,18-21,24-25,27H2,1-4H3,(H,45,47,50)/t39?,42-,43?,48?;/m0./s1. The average Bonchev–Trinajstić information content (AvgIpc) is 1.31. The fourth-order valence-electron chi connectivity index (χ4n) is 19.9. The van der Waals surface area contributed by atoms with E-state index in [1.165, 1.54) is 60.3 Å². The number of imide groups is 1. The zero-order valence-corrected chi connectivity index (χ0v) is 78.2. The Hall–Kier alpha value is -12.1. The number of nitrogens with one attached hydrogen (secondary N) is 3. The predicted octanol–water partition coefficient (Wildman–Crippen LogP) is 21.6. The van der Waals surface area contributed by atoms with Crippen molar-refractivity contribution in [2.45, 2.75) is 232 Å². The lowest BCUT2D eigenvalue weighted by atomic mass is 9.84. The number of piperidine rings is 2. The molecule has 680 valence electrons. The first-order valence-electron chi connectivity index (χ1n) is 46.8. The first-order valence-corrected chi connectivity index (χ1v) is 48.4. The van der Waals surface area contributed by atoms with Crippen LogP contribution in [0.4, 0.5) is 21.9 Å². The molecule has 4 amide bonds. The second kappa shape index (κ2) is 39.9. The van der Waals surface area contributed by atoms with Gasteiger partial charge in [-0.15, -0.1) is 0 Å². The molecule has 6 aliphatic rings. The highest BCUT2D eigenvalue weighted by Gasteiger charge is 2.36. The first-order chi connectivity index (χ1) is 63.3. The molecule has 0 spiro atoms. The third-order valence-electron chi connectivity index (χ3n) is 26.7. The van der Waals surface area contributed by atoms with Gasteiger partial charge in [0.2, 0.25) is 11.8 Å². The number of thiazole rings is 2. The SMILES string of the molecule is Cc1c(OC2CCC(CCCC=O)CC2)cccc1-c1ccc(N2CCc3cccc(C(=O)Nc4nc5ccccc5s4)c3C2)nc1C(=O)OC(C)(C)C.Cc1c(OC2CCC(CCCCN3CCC[C@H](c4ccc5c(C6CCC(=O)NC6=O)nn(C)c5c4)C3)CC2)cccc1-c1ccc(N2CCc3cccc(C(=O)Nc4nc5ccccc5s4)c3C2)nc1C(=O)OC(C)(C)C. The molecule has 2 aliphatic carbocycles. The van der Waals surface area contributed by atoms with Gasteiger partial charge in [0.1, 0.15) is 40.6 Å². The molecule has 4 aliphatic heterocycles. The number of amides is 4. The van der Waals surface area contributed by atoms with Crippen molar-refractivity contribution in [3.05, 3.63) is 231 Å². The summed E-state index contributed by atoms with van der Waals surface area (Å²) in [7, 11) is 1.95. The topological polar surface area (TPSA) is 272 Å². The Morgan fingerprint density at radius 1 is 0.534 bits per heavy atom. The van der Waals surface area contributed by atoms with E-state index in [1.807, 2.05) is 194 Å². The summed E-state index contributed by atoms with van der Waals surface area (Å²) < 4.78 is 29.3. The number of carbonyl (C=O) groups is 7. The quantitative estimate of drug-likeness (QED) is 0.0208. The number of unbranched alkanes of at least 4 members (excludes halogenated alkanes) is 2. The van der Waals surface area contributed by atoms with Gasteiger partial charge < -0.3 is 38.4 Å². The van der Waals surface area contributed by atoms with Crippen LogP contribution >= 0.6 is 22.7 Å². The molecule has 25 heteroatoms. The largest absolute Gasteiger partial charge is 0.490 e. The Kier molecular flexibility index (Phi) is 27.7. The van der Waals surface area contributed by atoms with Gasteiger partial charge in [0.15, 0.2) is 21.7 Å². The highest BCUT2D eigenvalue weighted by Crippen LogP contribution is 2.43. The molecule has 2 saturated heterocycles.